The molecule has 0 amide bonds. The van der Waals surface area contributed by atoms with Crippen molar-refractivity contribution in [2.24, 2.45) is 0 Å². The van der Waals surface area contributed by atoms with Crippen LogP contribution < -0.4 is 10.6 Å². The topological polar surface area (TPSA) is 80.8 Å². The predicted octanol–water partition coefficient (Wildman–Crippen LogP) is 2.65. The molecule has 23 heavy (non-hydrogen) atoms. The van der Waals surface area contributed by atoms with Crippen LogP contribution in [-0.4, -0.2) is 26.7 Å². The summed E-state index contributed by atoms with van der Waals surface area (Å²) < 4.78 is 0. The van der Waals surface area contributed by atoms with E-state index in [0.717, 1.165) is 47.6 Å². The van der Waals surface area contributed by atoms with E-state index >= 15 is 0 Å². The zero-order valence-electron chi connectivity index (χ0n) is 13.0. The fourth-order valence-corrected chi connectivity index (χ4v) is 3.21. The molecule has 0 saturated carbocycles. The molecule has 3 heterocycles. The van der Waals surface area contributed by atoms with Gasteiger partial charge in [0.1, 0.15) is 5.82 Å². The molecule has 0 radical (unpaired) electrons. The van der Waals surface area contributed by atoms with Crippen LogP contribution in [0.25, 0.3) is 11.0 Å². The van der Waals surface area contributed by atoms with Crippen LogP contribution in [0, 0.1) is 6.92 Å². The van der Waals surface area contributed by atoms with Crippen molar-refractivity contribution in [2.75, 3.05) is 17.2 Å². The number of hydrogen-bond donors (Lipinski definition) is 1. The van der Waals surface area contributed by atoms with Crippen molar-refractivity contribution in [3.8, 4) is 0 Å². The lowest BCUT2D eigenvalue weighted by molar-refractivity contribution is 0.671. The molecule has 0 spiro atoms. The van der Waals surface area contributed by atoms with E-state index < -0.39 is 0 Å². The largest absolute Gasteiger partial charge is 0.382 e. The normalized spacial score (nSPS) is 17.8. The number of aromatic nitrogens is 4. The Hall–Kier alpha value is -2.76. The number of nitrogens with two attached hydrogens (primary N) is 1. The Labute approximate surface area is 134 Å². The second-order valence-electron chi connectivity index (χ2n) is 5.86. The zero-order valence-corrected chi connectivity index (χ0v) is 13.0. The quantitative estimate of drug-likeness (QED) is 0.784. The van der Waals surface area contributed by atoms with Crippen molar-refractivity contribution >= 4 is 22.7 Å². The van der Waals surface area contributed by atoms with Crippen LogP contribution >= 0.6 is 0 Å². The summed E-state index contributed by atoms with van der Waals surface area (Å²) in [6.45, 7) is 2.96. The lowest BCUT2D eigenvalue weighted by Gasteiger charge is -2.26. The first-order chi connectivity index (χ1) is 11.2. The first-order valence-electron chi connectivity index (χ1n) is 7.81. The molecule has 1 aliphatic heterocycles. The lowest BCUT2D eigenvalue weighted by atomic mass is 10.1. The smallest absolute Gasteiger partial charge is 0.151 e. The second kappa shape index (κ2) is 5.46. The maximum Gasteiger partial charge on any atom is 0.151 e. The Balaban J connectivity index is 1.76. The van der Waals surface area contributed by atoms with Crippen LogP contribution in [0.4, 0.5) is 11.6 Å². The van der Waals surface area contributed by atoms with Gasteiger partial charge in [-0.2, -0.15) is 5.10 Å². The molecule has 2 N–H and O–H groups in total. The van der Waals surface area contributed by atoms with Gasteiger partial charge in [0.2, 0.25) is 0 Å². The van der Waals surface area contributed by atoms with Gasteiger partial charge in [0.15, 0.2) is 5.82 Å². The molecule has 6 nitrogen and oxygen atoms in total. The van der Waals surface area contributed by atoms with Crippen LogP contribution in [-0.2, 0) is 0 Å². The SMILES string of the molecule is Cc1nc2ccccc2nc1N1CCCC1c1ccc(N)nn1. The highest BCUT2D eigenvalue weighted by atomic mass is 15.3. The molecule has 116 valence electrons. The van der Waals surface area contributed by atoms with Crippen molar-refractivity contribution < 1.29 is 0 Å². The molecule has 4 rings (SSSR count). The van der Waals surface area contributed by atoms with Crippen LogP contribution in [0.3, 0.4) is 0 Å². The summed E-state index contributed by atoms with van der Waals surface area (Å²) in [5.74, 6) is 1.38. The molecule has 1 atom stereocenters. The maximum atomic E-state index is 5.65. The molecule has 1 saturated heterocycles. The van der Waals surface area contributed by atoms with Crippen molar-refractivity contribution in [3.05, 3.63) is 47.8 Å². The monoisotopic (exact) mass is 306 g/mol. The van der Waals surface area contributed by atoms with Crippen molar-refractivity contribution in [1.29, 1.82) is 0 Å². The lowest BCUT2D eigenvalue weighted by Crippen LogP contribution is -2.25. The van der Waals surface area contributed by atoms with Crippen molar-refractivity contribution in [2.45, 2.75) is 25.8 Å². The molecular formula is C17H18N6. The minimum absolute atomic E-state index is 0.178. The van der Waals surface area contributed by atoms with E-state index in [4.69, 9.17) is 15.7 Å². The highest BCUT2D eigenvalue weighted by Crippen LogP contribution is 2.35. The molecule has 0 bridgehead atoms. The van der Waals surface area contributed by atoms with E-state index in [9.17, 15) is 0 Å². The number of nitrogen functional groups attached to an aromatic ring is 1. The summed E-state index contributed by atoms with van der Waals surface area (Å²) in [7, 11) is 0. The molecule has 3 aromatic rings. The van der Waals surface area contributed by atoms with Gasteiger partial charge in [0, 0.05) is 6.54 Å². The minimum Gasteiger partial charge on any atom is -0.382 e. The number of anilines is 2. The molecule has 2 aromatic heterocycles. The van der Waals surface area contributed by atoms with Gasteiger partial charge in [-0.1, -0.05) is 12.1 Å². The van der Waals surface area contributed by atoms with Crippen LogP contribution in [0.1, 0.15) is 30.3 Å². The molecule has 1 aliphatic rings. The number of para-hydroxylation sites is 2. The summed E-state index contributed by atoms with van der Waals surface area (Å²) in [5.41, 5.74) is 9.37. The zero-order chi connectivity index (χ0) is 15.8. The average molecular weight is 306 g/mol. The van der Waals surface area contributed by atoms with Crippen molar-refractivity contribution in [1.82, 2.24) is 20.2 Å². The Kier molecular flexibility index (Phi) is 3.29. The molecule has 0 aliphatic carbocycles. The Morgan fingerprint density at radius 1 is 1.04 bits per heavy atom. The van der Waals surface area contributed by atoms with E-state index in [-0.39, 0.29) is 6.04 Å². The number of fused-ring (bicyclic) bond motifs is 1. The van der Waals surface area contributed by atoms with Gasteiger partial charge in [-0.3, -0.25) is 0 Å². The molecule has 1 aromatic carbocycles. The predicted molar refractivity (Wildman–Crippen MR) is 90.0 cm³/mol. The Morgan fingerprint density at radius 3 is 2.57 bits per heavy atom. The number of nitrogens with zero attached hydrogens (tertiary/aromatic N) is 5. The second-order valence-corrected chi connectivity index (χ2v) is 5.86. The summed E-state index contributed by atoms with van der Waals surface area (Å²) in [6.07, 6.45) is 2.14. The van der Waals surface area contributed by atoms with E-state index in [1.165, 1.54) is 0 Å². The van der Waals surface area contributed by atoms with Gasteiger partial charge in [-0.25, -0.2) is 9.97 Å². The van der Waals surface area contributed by atoms with E-state index in [1.807, 2.05) is 37.3 Å². The van der Waals surface area contributed by atoms with Gasteiger partial charge in [0.05, 0.1) is 28.5 Å². The first-order valence-corrected chi connectivity index (χ1v) is 7.81. The molecule has 1 unspecified atom stereocenters. The minimum atomic E-state index is 0.178. The number of benzene rings is 1. The van der Waals surface area contributed by atoms with Crippen molar-refractivity contribution in [3.63, 3.8) is 0 Å². The highest BCUT2D eigenvalue weighted by Gasteiger charge is 2.30. The van der Waals surface area contributed by atoms with Gasteiger partial charge in [0.25, 0.3) is 0 Å². The Morgan fingerprint density at radius 2 is 1.83 bits per heavy atom. The standard InChI is InChI=1S/C17H18N6/c1-11-17(20-13-6-3-2-5-12(13)19-11)23-10-4-7-15(23)14-8-9-16(18)22-21-14/h2-3,5-6,8-9,15H,4,7,10H2,1H3,(H2,18,22). The van der Waals surface area contributed by atoms with Gasteiger partial charge in [-0.15, -0.1) is 5.10 Å². The van der Waals surface area contributed by atoms with Gasteiger partial charge in [-0.05, 0) is 44.0 Å². The highest BCUT2D eigenvalue weighted by molar-refractivity contribution is 5.76. The first kappa shape index (κ1) is 13.9. The molecule has 6 heteroatoms. The van der Waals surface area contributed by atoms with E-state index in [1.54, 1.807) is 6.07 Å². The van der Waals surface area contributed by atoms with E-state index in [0.29, 0.717) is 5.82 Å². The van der Waals surface area contributed by atoms with Gasteiger partial charge >= 0.3 is 0 Å². The number of rotatable bonds is 2. The maximum absolute atomic E-state index is 5.65. The fourth-order valence-electron chi connectivity index (χ4n) is 3.21. The van der Waals surface area contributed by atoms with Crippen LogP contribution in [0.2, 0.25) is 0 Å². The average Bonchev–Trinajstić information content (AvgIpc) is 3.04. The number of aryl methyl sites for hydroxylation is 1. The third-order valence-corrected chi connectivity index (χ3v) is 4.29. The van der Waals surface area contributed by atoms with E-state index in [2.05, 4.69) is 15.1 Å². The number of hydrogen-bond acceptors (Lipinski definition) is 6. The summed E-state index contributed by atoms with van der Waals surface area (Å²) in [4.78, 5) is 11.8. The van der Waals surface area contributed by atoms with Crippen LogP contribution in [0.15, 0.2) is 36.4 Å². The third-order valence-electron chi connectivity index (χ3n) is 4.29. The Bertz CT molecular complexity index is 845. The molecular weight excluding hydrogens is 288 g/mol. The summed E-state index contributed by atoms with van der Waals surface area (Å²) in [6, 6.07) is 11.9. The summed E-state index contributed by atoms with van der Waals surface area (Å²) in [5, 5.41) is 8.25. The fraction of sp³-hybridized carbons (Fsp3) is 0.294. The third kappa shape index (κ3) is 2.46. The molecule has 1 fully saturated rings. The summed E-state index contributed by atoms with van der Waals surface area (Å²) >= 11 is 0. The van der Waals surface area contributed by atoms with Gasteiger partial charge < -0.3 is 10.6 Å². The van der Waals surface area contributed by atoms with Crippen LogP contribution in [0.5, 0.6) is 0 Å².